The van der Waals surface area contributed by atoms with E-state index in [0.717, 1.165) is 24.9 Å². The molecule has 0 fully saturated rings. The Morgan fingerprint density at radius 1 is 1.34 bits per heavy atom. The average molecular weight is 448 g/mol. The van der Waals surface area contributed by atoms with E-state index in [1.54, 1.807) is 19.1 Å². The van der Waals surface area contributed by atoms with Crippen LogP contribution >= 0.6 is 0 Å². The third-order valence-electron chi connectivity index (χ3n) is 5.72. The van der Waals surface area contributed by atoms with Gasteiger partial charge in [0.2, 0.25) is 0 Å². The summed E-state index contributed by atoms with van der Waals surface area (Å²) in [7, 11) is 1.50. The molecule has 0 amide bonds. The first-order valence-electron chi connectivity index (χ1n) is 11.4. The zero-order valence-electron chi connectivity index (χ0n) is 19.3. The van der Waals surface area contributed by atoms with Gasteiger partial charge in [0.1, 0.15) is 6.10 Å². The Bertz CT molecular complexity index is 784. The molecule has 5 atom stereocenters. The molecule has 0 bridgehead atoms. The van der Waals surface area contributed by atoms with Crippen molar-refractivity contribution in [3.63, 3.8) is 0 Å². The molecule has 0 spiro atoms. The van der Waals surface area contributed by atoms with E-state index in [1.165, 1.54) is 14.0 Å². The van der Waals surface area contributed by atoms with Crippen molar-refractivity contribution in [3.8, 4) is 23.3 Å². The van der Waals surface area contributed by atoms with Crippen molar-refractivity contribution in [2.45, 2.75) is 70.7 Å². The Kier molecular flexibility index (Phi) is 10.8. The van der Waals surface area contributed by atoms with E-state index in [1.807, 2.05) is 6.07 Å². The fourth-order valence-electron chi connectivity index (χ4n) is 4.03. The summed E-state index contributed by atoms with van der Waals surface area (Å²) in [6.45, 7) is 4.43. The van der Waals surface area contributed by atoms with Crippen LogP contribution in [0.15, 0.2) is 18.2 Å². The SMILES string of the molecule is COc1cc(CC2CC#CC(CCNCC(C)O)CCC(O)CC2OC(C)=O)ccc1O. The Morgan fingerprint density at radius 3 is 2.81 bits per heavy atom. The van der Waals surface area contributed by atoms with Crippen molar-refractivity contribution in [2.75, 3.05) is 20.2 Å². The molecule has 0 aliphatic heterocycles. The summed E-state index contributed by atoms with van der Waals surface area (Å²) in [5, 5.41) is 33.1. The van der Waals surface area contributed by atoms with Crippen molar-refractivity contribution < 1.29 is 29.6 Å². The van der Waals surface area contributed by atoms with Crippen LogP contribution in [0.25, 0.3) is 0 Å². The quantitative estimate of drug-likeness (QED) is 0.262. The number of hydrogen-bond acceptors (Lipinski definition) is 7. The highest BCUT2D eigenvalue weighted by molar-refractivity contribution is 5.66. The first-order valence-corrected chi connectivity index (χ1v) is 11.4. The van der Waals surface area contributed by atoms with E-state index < -0.39 is 12.2 Å². The predicted molar refractivity (Wildman–Crippen MR) is 122 cm³/mol. The van der Waals surface area contributed by atoms with E-state index in [-0.39, 0.29) is 29.7 Å². The number of aromatic hydroxyl groups is 1. The van der Waals surface area contributed by atoms with E-state index in [0.29, 0.717) is 38.0 Å². The number of ether oxygens (including phenoxy) is 2. The number of aliphatic hydroxyl groups excluding tert-OH is 2. The molecular formula is C25H37NO6. The minimum atomic E-state index is -0.580. The Hall–Kier alpha value is -2.27. The first kappa shape index (κ1) is 26.0. The van der Waals surface area contributed by atoms with Crippen LogP contribution in [0.4, 0.5) is 0 Å². The van der Waals surface area contributed by atoms with Gasteiger partial charge in [-0.2, -0.15) is 0 Å². The maximum Gasteiger partial charge on any atom is 0.302 e. The summed E-state index contributed by atoms with van der Waals surface area (Å²) in [6, 6.07) is 5.19. The topological polar surface area (TPSA) is 108 Å². The monoisotopic (exact) mass is 447 g/mol. The number of benzene rings is 1. The second kappa shape index (κ2) is 13.3. The number of esters is 1. The van der Waals surface area contributed by atoms with Gasteiger partial charge >= 0.3 is 5.97 Å². The van der Waals surface area contributed by atoms with Crippen molar-refractivity contribution in [1.29, 1.82) is 0 Å². The molecule has 0 radical (unpaired) electrons. The van der Waals surface area contributed by atoms with Gasteiger partial charge in [0.05, 0.1) is 19.3 Å². The first-order chi connectivity index (χ1) is 15.3. The molecule has 178 valence electrons. The number of rotatable bonds is 9. The van der Waals surface area contributed by atoms with Gasteiger partial charge in [-0.1, -0.05) is 12.0 Å². The normalized spacial score (nSPS) is 24.7. The van der Waals surface area contributed by atoms with Crippen LogP contribution in [0.3, 0.4) is 0 Å². The van der Waals surface area contributed by atoms with Gasteiger partial charge in [-0.25, -0.2) is 0 Å². The molecule has 1 aliphatic rings. The van der Waals surface area contributed by atoms with Crippen molar-refractivity contribution in [2.24, 2.45) is 11.8 Å². The average Bonchev–Trinajstić information content (AvgIpc) is 2.73. The number of carbonyl (C=O) groups is 1. The second-order valence-electron chi connectivity index (χ2n) is 8.65. The van der Waals surface area contributed by atoms with E-state index in [2.05, 4.69) is 17.2 Å². The van der Waals surface area contributed by atoms with Crippen molar-refractivity contribution >= 4 is 5.97 Å². The summed E-state index contributed by atoms with van der Waals surface area (Å²) in [6.07, 6.45) is 2.29. The molecule has 32 heavy (non-hydrogen) atoms. The van der Waals surface area contributed by atoms with Gasteiger partial charge in [0.15, 0.2) is 11.5 Å². The molecule has 1 aliphatic carbocycles. The largest absolute Gasteiger partial charge is 0.504 e. The summed E-state index contributed by atoms with van der Waals surface area (Å²) >= 11 is 0. The molecule has 0 heterocycles. The van der Waals surface area contributed by atoms with Gasteiger partial charge in [0, 0.05) is 38.1 Å². The van der Waals surface area contributed by atoms with Gasteiger partial charge < -0.3 is 30.1 Å². The van der Waals surface area contributed by atoms with Crippen LogP contribution in [0.2, 0.25) is 0 Å². The van der Waals surface area contributed by atoms with Gasteiger partial charge in [-0.15, -0.1) is 5.92 Å². The molecular weight excluding hydrogens is 410 g/mol. The standard InChI is InChI=1S/C25H37NO6/c1-17(27)16-26-12-11-19-5-4-6-21(13-20-8-10-23(30)25(14-20)31-3)24(32-18(2)28)15-22(29)9-7-19/h8,10,14,17,19,21-22,24,26-27,29-30H,6-7,9,11-13,15-16H2,1-3H3. The maximum absolute atomic E-state index is 11.7. The molecule has 4 N–H and O–H groups in total. The van der Waals surface area contributed by atoms with Gasteiger partial charge in [0.25, 0.3) is 0 Å². The summed E-state index contributed by atoms with van der Waals surface area (Å²) in [5.74, 6) is 6.80. The van der Waals surface area contributed by atoms with E-state index in [9.17, 15) is 20.1 Å². The fraction of sp³-hybridized carbons (Fsp3) is 0.640. The van der Waals surface area contributed by atoms with Gasteiger partial charge in [-0.3, -0.25) is 4.79 Å². The number of hydrogen-bond donors (Lipinski definition) is 4. The number of phenolic OH excluding ortho intramolecular Hbond substituents is 1. The number of nitrogens with one attached hydrogen (secondary N) is 1. The van der Waals surface area contributed by atoms with Crippen LogP contribution in [-0.4, -0.2) is 59.8 Å². The van der Waals surface area contributed by atoms with E-state index in [4.69, 9.17) is 9.47 Å². The number of methoxy groups -OCH3 is 1. The van der Waals surface area contributed by atoms with E-state index >= 15 is 0 Å². The van der Waals surface area contributed by atoms with Crippen LogP contribution in [0.1, 0.15) is 51.5 Å². The third kappa shape index (κ3) is 9.07. The maximum atomic E-state index is 11.7. The summed E-state index contributed by atoms with van der Waals surface area (Å²) in [4.78, 5) is 11.7. The van der Waals surface area contributed by atoms with Gasteiger partial charge in [-0.05, 0) is 56.8 Å². The lowest BCUT2D eigenvalue weighted by atomic mass is 9.85. The molecule has 7 heteroatoms. The molecule has 0 aromatic heterocycles. The molecule has 0 saturated heterocycles. The number of aliphatic hydroxyl groups is 2. The third-order valence-corrected chi connectivity index (χ3v) is 5.72. The van der Waals surface area contributed by atoms with Crippen LogP contribution < -0.4 is 10.1 Å². The Morgan fingerprint density at radius 2 is 2.12 bits per heavy atom. The minimum Gasteiger partial charge on any atom is -0.504 e. The Balaban J connectivity index is 2.17. The van der Waals surface area contributed by atoms with Crippen molar-refractivity contribution in [1.82, 2.24) is 5.32 Å². The highest BCUT2D eigenvalue weighted by atomic mass is 16.5. The molecule has 0 saturated carbocycles. The molecule has 1 aromatic rings. The lowest BCUT2D eigenvalue weighted by molar-refractivity contribution is -0.150. The lowest BCUT2D eigenvalue weighted by Gasteiger charge is -2.29. The van der Waals surface area contributed by atoms with Crippen LogP contribution in [-0.2, 0) is 16.0 Å². The second-order valence-corrected chi connectivity index (χ2v) is 8.65. The highest BCUT2D eigenvalue weighted by Crippen LogP contribution is 2.30. The number of carbonyl (C=O) groups excluding carboxylic acids is 1. The molecule has 7 nitrogen and oxygen atoms in total. The van der Waals surface area contributed by atoms with Crippen molar-refractivity contribution in [3.05, 3.63) is 23.8 Å². The van der Waals surface area contributed by atoms with Crippen LogP contribution in [0.5, 0.6) is 11.5 Å². The number of phenols is 1. The highest BCUT2D eigenvalue weighted by Gasteiger charge is 2.28. The Labute approximate surface area is 191 Å². The summed E-state index contributed by atoms with van der Waals surface area (Å²) < 4.78 is 10.8. The predicted octanol–water partition coefficient (Wildman–Crippen LogP) is 2.41. The zero-order chi connectivity index (χ0) is 23.5. The van der Waals surface area contributed by atoms with Crippen LogP contribution in [0, 0.1) is 23.7 Å². The smallest absolute Gasteiger partial charge is 0.302 e. The lowest BCUT2D eigenvalue weighted by Crippen LogP contribution is -2.32. The zero-order valence-corrected chi connectivity index (χ0v) is 19.3. The fourth-order valence-corrected chi connectivity index (χ4v) is 4.03. The minimum absolute atomic E-state index is 0.0704. The molecule has 1 aromatic carbocycles. The summed E-state index contributed by atoms with van der Waals surface area (Å²) in [5.41, 5.74) is 0.939. The molecule has 2 rings (SSSR count). The molecule has 5 unspecified atom stereocenters.